The lowest BCUT2D eigenvalue weighted by Gasteiger charge is -2.49. The van der Waals surface area contributed by atoms with E-state index in [2.05, 4.69) is 0 Å². The largest absolute Gasteiger partial charge is 0.393 e. The molecule has 3 fully saturated rings. The number of hydrogen-bond acceptors (Lipinski definition) is 2. The topological polar surface area (TPSA) is 29.5 Å². The smallest absolute Gasteiger partial charge is 0.0919 e. The summed E-state index contributed by atoms with van der Waals surface area (Å²) >= 11 is 0. The zero-order chi connectivity index (χ0) is 12.4. The van der Waals surface area contributed by atoms with E-state index in [4.69, 9.17) is 4.74 Å². The van der Waals surface area contributed by atoms with Crippen LogP contribution in [0.4, 0.5) is 0 Å². The highest BCUT2D eigenvalue weighted by Gasteiger charge is 2.52. The van der Waals surface area contributed by atoms with Crippen LogP contribution in [0.15, 0.2) is 0 Å². The van der Waals surface area contributed by atoms with E-state index in [1.165, 1.54) is 56.1 Å². The molecule has 2 bridgehead atoms. The average molecular weight is 254 g/mol. The molecule has 0 radical (unpaired) electrons. The fraction of sp³-hybridized carbons (Fsp3) is 1.00. The first-order chi connectivity index (χ1) is 8.81. The summed E-state index contributed by atoms with van der Waals surface area (Å²) in [5.41, 5.74) is 0. The monoisotopic (exact) mass is 254 g/mol. The molecular formula is C15H28NO2+. The highest BCUT2D eigenvalue weighted by atomic mass is 16.5. The summed E-state index contributed by atoms with van der Waals surface area (Å²) < 4.78 is 6.98. The Kier molecular flexibility index (Phi) is 3.92. The third-order valence-corrected chi connectivity index (χ3v) is 5.60. The number of ether oxygens (including phenoxy) is 1. The van der Waals surface area contributed by atoms with Gasteiger partial charge in [-0.15, -0.1) is 0 Å². The van der Waals surface area contributed by atoms with Gasteiger partial charge in [0.25, 0.3) is 0 Å². The Labute approximate surface area is 111 Å². The van der Waals surface area contributed by atoms with Crippen molar-refractivity contribution in [2.45, 2.75) is 69.6 Å². The van der Waals surface area contributed by atoms with Gasteiger partial charge < -0.3 is 14.3 Å². The van der Waals surface area contributed by atoms with Crippen molar-refractivity contribution in [1.29, 1.82) is 0 Å². The lowest BCUT2D eigenvalue weighted by Crippen LogP contribution is -2.62. The Hall–Kier alpha value is -0.120. The number of nitrogens with zero attached hydrogens (tertiary/aromatic N) is 1. The highest BCUT2D eigenvalue weighted by Crippen LogP contribution is 2.43. The van der Waals surface area contributed by atoms with E-state index in [0.29, 0.717) is 0 Å². The first-order valence-electron chi connectivity index (χ1n) is 7.93. The minimum atomic E-state index is -0.00927. The second-order valence-corrected chi connectivity index (χ2v) is 6.59. The fourth-order valence-electron chi connectivity index (χ4n) is 4.74. The van der Waals surface area contributed by atoms with E-state index in [9.17, 15) is 5.11 Å². The summed E-state index contributed by atoms with van der Waals surface area (Å²) in [4.78, 5) is 0. The number of hydrogen-bond donors (Lipinski definition) is 1. The van der Waals surface area contributed by atoms with Gasteiger partial charge >= 0.3 is 0 Å². The molecule has 0 aliphatic carbocycles. The lowest BCUT2D eigenvalue weighted by molar-refractivity contribution is -0.967. The predicted molar refractivity (Wildman–Crippen MR) is 71.3 cm³/mol. The SMILES string of the molecule is OC1C[C@H]2CC[C@@H](C1)[N+]21CCCCOCCCC1. The van der Waals surface area contributed by atoms with Crippen LogP contribution >= 0.6 is 0 Å². The normalized spacial score (nSPS) is 40.8. The summed E-state index contributed by atoms with van der Waals surface area (Å²) in [6.45, 7) is 4.59. The van der Waals surface area contributed by atoms with Crippen molar-refractivity contribution in [1.82, 2.24) is 0 Å². The van der Waals surface area contributed by atoms with Gasteiger partial charge in [0.2, 0.25) is 0 Å². The molecule has 0 aromatic rings. The van der Waals surface area contributed by atoms with E-state index in [1.807, 2.05) is 0 Å². The van der Waals surface area contributed by atoms with Crippen LogP contribution in [0.25, 0.3) is 0 Å². The summed E-state index contributed by atoms with van der Waals surface area (Å²) in [5.74, 6) is 0. The molecule has 3 atom stereocenters. The molecule has 1 spiro atoms. The number of piperidine rings is 1. The molecule has 3 heterocycles. The zero-order valence-electron chi connectivity index (χ0n) is 11.5. The molecule has 18 heavy (non-hydrogen) atoms. The number of aliphatic hydroxyl groups is 1. The fourth-order valence-corrected chi connectivity index (χ4v) is 4.74. The van der Waals surface area contributed by atoms with E-state index in [0.717, 1.165) is 38.1 Å². The molecular weight excluding hydrogens is 226 g/mol. The molecule has 3 nitrogen and oxygen atoms in total. The molecule has 104 valence electrons. The predicted octanol–water partition coefficient (Wildman–Crippen LogP) is 2.08. The van der Waals surface area contributed by atoms with Gasteiger partial charge in [0.05, 0.1) is 31.3 Å². The molecule has 0 aromatic heterocycles. The van der Waals surface area contributed by atoms with Gasteiger partial charge in [-0.1, -0.05) is 0 Å². The molecule has 3 saturated heterocycles. The summed E-state index contributed by atoms with van der Waals surface area (Å²) in [6, 6.07) is 1.53. The average Bonchev–Trinajstić information content (AvgIpc) is 2.57. The van der Waals surface area contributed by atoms with Crippen LogP contribution in [0.1, 0.15) is 51.4 Å². The zero-order valence-corrected chi connectivity index (χ0v) is 11.5. The van der Waals surface area contributed by atoms with Gasteiger partial charge in [-0.25, -0.2) is 0 Å². The Morgan fingerprint density at radius 3 is 1.94 bits per heavy atom. The summed E-state index contributed by atoms with van der Waals surface area (Å²) in [6.07, 6.45) is 9.90. The van der Waals surface area contributed by atoms with Crippen molar-refractivity contribution in [3.8, 4) is 0 Å². The molecule has 3 rings (SSSR count). The van der Waals surface area contributed by atoms with Crippen LogP contribution in [0.3, 0.4) is 0 Å². The number of rotatable bonds is 0. The summed E-state index contributed by atoms with van der Waals surface area (Å²) in [7, 11) is 0. The highest BCUT2D eigenvalue weighted by molar-refractivity contribution is 4.86. The lowest BCUT2D eigenvalue weighted by atomic mass is 9.94. The van der Waals surface area contributed by atoms with E-state index in [-0.39, 0.29) is 6.10 Å². The standard InChI is InChI=1S/C15H28NO2/c17-15-11-13-5-6-14(12-15)16(13)7-1-3-9-18-10-4-2-8-16/h13-15,17H,1-12H2/q+1/t13-,14+,15?. The van der Waals surface area contributed by atoms with E-state index in [1.54, 1.807) is 0 Å². The number of quaternary nitrogens is 1. The van der Waals surface area contributed by atoms with Crippen molar-refractivity contribution in [2.24, 2.45) is 0 Å². The van der Waals surface area contributed by atoms with E-state index < -0.39 is 0 Å². The van der Waals surface area contributed by atoms with Crippen molar-refractivity contribution in [3.63, 3.8) is 0 Å². The Bertz CT molecular complexity index is 256. The van der Waals surface area contributed by atoms with Gasteiger partial charge in [-0.3, -0.25) is 0 Å². The maximum absolute atomic E-state index is 10.0. The second kappa shape index (κ2) is 5.48. The number of aliphatic hydroxyl groups excluding tert-OH is 1. The molecule has 1 unspecified atom stereocenters. The molecule has 1 N–H and O–H groups in total. The Morgan fingerprint density at radius 2 is 1.39 bits per heavy atom. The van der Waals surface area contributed by atoms with Gasteiger partial charge in [0.1, 0.15) is 0 Å². The van der Waals surface area contributed by atoms with Gasteiger partial charge in [0.15, 0.2) is 0 Å². The first-order valence-corrected chi connectivity index (χ1v) is 7.93. The van der Waals surface area contributed by atoms with Gasteiger partial charge in [-0.2, -0.15) is 0 Å². The Morgan fingerprint density at radius 1 is 0.833 bits per heavy atom. The maximum atomic E-state index is 10.0. The maximum Gasteiger partial charge on any atom is 0.0919 e. The third-order valence-electron chi connectivity index (χ3n) is 5.60. The molecule has 0 saturated carbocycles. The van der Waals surface area contributed by atoms with Crippen molar-refractivity contribution in [2.75, 3.05) is 26.3 Å². The third kappa shape index (κ3) is 2.33. The first kappa shape index (κ1) is 12.9. The van der Waals surface area contributed by atoms with Crippen LogP contribution < -0.4 is 0 Å². The van der Waals surface area contributed by atoms with Crippen molar-refractivity contribution < 1.29 is 14.3 Å². The van der Waals surface area contributed by atoms with Crippen LogP contribution in [-0.2, 0) is 4.74 Å². The minimum absolute atomic E-state index is 0.00927. The van der Waals surface area contributed by atoms with Crippen molar-refractivity contribution >= 4 is 0 Å². The van der Waals surface area contributed by atoms with Crippen LogP contribution in [0.5, 0.6) is 0 Å². The minimum Gasteiger partial charge on any atom is -0.393 e. The second-order valence-electron chi connectivity index (χ2n) is 6.59. The molecule has 0 amide bonds. The van der Waals surface area contributed by atoms with Crippen LogP contribution in [-0.4, -0.2) is 54.1 Å². The van der Waals surface area contributed by atoms with Crippen molar-refractivity contribution in [3.05, 3.63) is 0 Å². The van der Waals surface area contributed by atoms with E-state index >= 15 is 0 Å². The van der Waals surface area contributed by atoms with Gasteiger partial charge in [0, 0.05) is 38.9 Å². The Balaban J connectivity index is 1.73. The van der Waals surface area contributed by atoms with Crippen LogP contribution in [0.2, 0.25) is 0 Å². The quantitative estimate of drug-likeness (QED) is 0.671. The molecule has 3 aliphatic heterocycles. The summed E-state index contributed by atoms with van der Waals surface area (Å²) in [5, 5.41) is 10.0. The molecule has 0 aromatic carbocycles. The van der Waals surface area contributed by atoms with Gasteiger partial charge in [-0.05, 0) is 25.7 Å². The molecule has 3 heteroatoms. The van der Waals surface area contributed by atoms with Crippen LogP contribution in [0, 0.1) is 0 Å². The molecule has 3 aliphatic rings.